The van der Waals surface area contributed by atoms with Gasteiger partial charge in [0.25, 0.3) is 5.78 Å². The van der Waals surface area contributed by atoms with Crippen LogP contribution < -0.4 is 4.90 Å². The molecule has 158 valence electrons. The highest BCUT2D eigenvalue weighted by Crippen LogP contribution is 2.37. The molecule has 0 saturated heterocycles. The first-order valence-corrected chi connectivity index (χ1v) is 9.67. The third kappa shape index (κ3) is 3.89. The first kappa shape index (κ1) is 20.9. The highest BCUT2D eigenvalue weighted by Gasteiger charge is 2.46. The normalized spacial score (nSPS) is 12.1. The van der Waals surface area contributed by atoms with Crippen molar-refractivity contribution in [2.75, 3.05) is 11.9 Å². The van der Waals surface area contributed by atoms with Crippen molar-refractivity contribution in [2.24, 2.45) is 5.41 Å². The second-order valence-electron chi connectivity index (χ2n) is 7.58. The van der Waals surface area contributed by atoms with E-state index in [-0.39, 0.29) is 0 Å². The van der Waals surface area contributed by atoms with Gasteiger partial charge >= 0.3 is 6.18 Å². The molecule has 2 aromatic carbocycles. The van der Waals surface area contributed by atoms with Gasteiger partial charge in [0.1, 0.15) is 17.6 Å². The largest absolute Gasteiger partial charge is 0.404 e. The minimum absolute atomic E-state index is 0.402. The van der Waals surface area contributed by atoms with E-state index in [2.05, 4.69) is 27.0 Å². The Morgan fingerprint density at radius 2 is 1.87 bits per heavy atom. The Hall–Kier alpha value is -3.31. The molecule has 2 heterocycles. The van der Waals surface area contributed by atoms with Gasteiger partial charge in [-0.25, -0.2) is 0 Å². The molecule has 0 fully saturated rings. The number of aromatic nitrogens is 4. The molecule has 4 rings (SSSR count). The summed E-state index contributed by atoms with van der Waals surface area (Å²) in [6.07, 6.45) is -2.85. The molecule has 0 saturated carbocycles. The molecule has 4 aromatic rings. The van der Waals surface area contributed by atoms with Crippen LogP contribution in [-0.2, 0) is 0 Å². The van der Waals surface area contributed by atoms with Crippen molar-refractivity contribution in [3.8, 4) is 11.8 Å². The predicted molar refractivity (Wildman–Crippen MR) is 115 cm³/mol. The fraction of sp³-hybridized carbons (Fsp3) is 0.227. The number of rotatable bonds is 2. The monoisotopic (exact) mass is 443 g/mol. The molecule has 0 amide bonds. The summed E-state index contributed by atoms with van der Waals surface area (Å²) in [5, 5.41) is 9.33. The Bertz CT molecular complexity index is 1350. The Balaban J connectivity index is 1.78. The average molecular weight is 444 g/mol. The minimum Gasteiger partial charge on any atom is -0.329 e. The van der Waals surface area contributed by atoms with Crippen molar-refractivity contribution in [1.82, 2.24) is 19.6 Å². The molecule has 0 aliphatic heterocycles. The summed E-state index contributed by atoms with van der Waals surface area (Å²) in [5.41, 5.74) is -0.140. The first-order chi connectivity index (χ1) is 14.6. The van der Waals surface area contributed by atoms with Crippen LogP contribution >= 0.6 is 11.6 Å². The quantitative estimate of drug-likeness (QED) is 0.376. The van der Waals surface area contributed by atoms with E-state index in [4.69, 9.17) is 11.6 Å². The van der Waals surface area contributed by atoms with Gasteiger partial charge in [0.05, 0.1) is 5.52 Å². The molecule has 0 aliphatic rings. The van der Waals surface area contributed by atoms with Gasteiger partial charge in [0, 0.05) is 28.7 Å². The maximum atomic E-state index is 13.1. The van der Waals surface area contributed by atoms with Crippen molar-refractivity contribution in [1.29, 1.82) is 0 Å². The molecule has 0 unspecified atom stereocenters. The van der Waals surface area contributed by atoms with Gasteiger partial charge in [-0.3, -0.25) is 4.40 Å². The average Bonchev–Trinajstić information content (AvgIpc) is 3.19. The van der Waals surface area contributed by atoms with E-state index in [9.17, 15) is 13.2 Å². The van der Waals surface area contributed by atoms with Crippen LogP contribution in [0.2, 0.25) is 5.02 Å². The fourth-order valence-electron chi connectivity index (χ4n) is 2.99. The van der Waals surface area contributed by atoms with Crippen LogP contribution in [0.15, 0.2) is 48.8 Å². The van der Waals surface area contributed by atoms with Gasteiger partial charge in [-0.2, -0.15) is 18.2 Å². The molecule has 31 heavy (non-hydrogen) atoms. The summed E-state index contributed by atoms with van der Waals surface area (Å²) in [7, 11) is 1.81. The summed E-state index contributed by atoms with van der Waals surface area (Å²) in [4.78, 5) is 6.43. The van der Waals surface area contributed by atoms with Gasteiger partial charge < -0.3 is 4.90 Å². The Labute approximate surface area is 181 Å². The number of hydrogen-bond acceptors (Lipinski definition) is 4. The maximum absolute atomic E-state index is 13.1. The fourth-order valence-corrected chi connectivity index (χ4v) is 3.16. The van der Waals surface area contributed by atoms with Gasteiger partial charge in [-0.05, 0) is 50.2 Å². The number of anilines is 2. The van der Waals surface area contributed by atoms with Crippen LogP contribution in [-0.4, -0.2) is 32.8 Å². The Kier molecular flexibility index (Phi) is 5.02. The number of fused-ring (bicyclic) bond motifs is 3. The third-order valence-corrected chi connectivity index (χ3v) is 5.21. The van der Waals surface area contributed by atoms with E-state index < -0.39 is 11.6 Å². The number of hydrogen-bond donors (Lipinski definition) is 0. The molecule has 0 atom stereocenters. The highest BCUT2D eigenvalue weighted by molar-refractivity contribution is 6.31. The summed E-state index contributed by atoms with van der Waals surface area (Å²) in [5.74, 6) is 5.99. The lowest BCUT2D eigenvalue weighted by Gasteiger charge is -2.21. The van der Waals surface area contributed by atoms with Crippen molar-refractivity contribution >= 4 is 39.8 Å². The van der Waals surface area contributed by atoms with Crippen LogP contribution in [0, 0.1) is 17.3 Å². The van der Waals surface area contributed by atoms with E-state index in [1.165, 1.54) is 0 Å². The lowest BCUT2D eigenvalue weighted by atomic mass is 9.93. The van der Waals surface area contributed by atoms with Crippen molar-refractivity contribution in [3.05, 3.63) is 59.4 Å². The number of alkyl halides is 3. The molecular weight excluding hydrogens is 427 g/mol. The standard InChI is InChI=1S/C22H17ClF3N5/c1-21(2,22(24,25)26)10-9-14-5-4-6-16(11-14)30(3)19-17-8-7-15(23)12-18(17)31-13-27-29-20(31)28-19/h4-8,11-13H,1-3H3. The zero-order valence-corrected chi connectivity index (χ0v) is 17.6. The molecular formula is C22H17ClF3N5. The van der Waals surface area contributed by atoms with Gasteiger partial charge in [0.2, 0.25) is 0 Å². The van der Waals surface area contributed by atoms with E-state index in [1.54, 1.807) is 41.1 Å². The second-order valence-corrected chi connectivity index (χ2v) is 8.02. The van der Waals surface area contributed by atoms with E-state index in [1.807, 2.05) is 24.1 Å². The van der Waals surface area contributed by atoms with Crippen molar-refractivity contribution < 1.29 is 13.2 Å². The molecule has 0 radical (unpaired) electrons. The van der Waals surface area contributed by atoms with E-state index in [0.717, 1.165) is 24.8 Å². The number of benzene rings is 2. The van der Waals surface area contributed by atoms with Gasteiger partial charge in [0.15, 0.2) is 0 Å². The van der Waals surface area contributed by atoms with Crippen LogP contribution in [0.25, 0.3) is 16.7 Å². The lowest BCUT2D eigenvalue weighted by molar-refractivity contribution is -0.190. The number of halogens is 4. The van der Waals surface area contributed by atoms with Crippen LogP contribution in [0.5, 0.6) is 0 Å². The molecule has 2 aromatic heterocycles. The van der Waals surface area contributed by atoms with Gasteiger partial charge in [-0.15, -0.1) is 10.2 Å². The summed E-state index contributed by atoms with van der Waals surface area (Å²) < 4.78 is 41.0. The Morgan fingerprint density at radius 3 is 2.61 bits per heavy atom. The molecule has 9 heteroatoms. The molecule has 0 bridgehead atoms. The van der Waals surface area contributed by atoms with E-state index in [0.29, 0.717) is 27.9 Å². The van der Waals surface area contributed by atoms with Crippen molar-refractivity contribution in [2.45, 2.75) is 20.0 Å². The number of nitrogens with zero attached hydrogens (tertiary/aromatic N) is 5. The van der Waals surface area contributed by atoms with Crippen LogP contribution in [0.3, 0.4) is 0 Å². The zero-order chi connectivity index (χ0) is 22.4. The van der Waals surface area contributed by atoms with E-state index >= 15 is 0 Å². The van der Waals surface area contributed by atoms with Crippen molar-refractivity contribution in [3.63, 3.8) is 0 Å². The summed E-state index contributed by atoms with van der Waals surface area (Å²) >= 11 is 6.18. The minimum atomic E-state index is -4.41. The summed E-state index contributed by atoms with van der Waals surface area (Å²) in [6, 6.07) is 12.4. The van der Waals surface area contributed by atoms with Gasteiger partial charge in [-0.1, -0.05) is 29.5 Å². The molecule has 5 nitrogen and oxygen atoms in total. The summed E-state index contributed by atoms with van der Waals surface area (Å²) in [6.45, 7) is 2.12. The lowest BCUT2D eigenvalue weighted by Crippen LogP contribution is -2.30. The molecule has 0 spiro atoms. The predicted octanol–water partition coefficient (Wildman–Crippen LogP) is 5.64. The first-order valence-electron chi connectivity index (χ1n) is 9.29. The van der Waals surface area contributed by atoms with Crippen LogP contribution in [0.1, 0.15) is 19.4 Å². The Morgan fingerprint density at radius 1 is 1.10 bits per heavy atom. The third-order valence-electron chi connectivity index (χ3n) is 4.98. The van der Waals surface area contributed by atoms with Crippen LogP contribution in [0.4, 0.5) is 24.7 Å². The SMILES string of the molecule is CN(c1cccc(C#CC(C)(C)C(F)(F)F)c1)c1nc2nncn2c2cc(Cl)ccc12. The second kappa shape index (κ2) is 7.43. The zero-order valence-electron chi connectivity index (χ0n) is 16.9. The molecule has 0 N–H and O–H groups in total. The highest BCUT2D eigenvalue weighted by atomic mass is 35.5. The molecule has 0 aliphatic carbocycles. The topological polar surface area (TPSA) is 46.3 Å². The maximum Gasteiger partial charge on any atom is 0.404 e. The smallest absolute Gasteiger partial charge is 0.329 e.